The molecule has 2 N–H and O–H groups in total. The third-order valence-corrected chi connectivity index (χ3v) is 5.91. The predicted molar refractivity (Wildman–Crippen MR) is 138 cm³/mol. The smallest absolute Gasteiger partial charge is 0.258 e. The van der Waals surface area contributed by atoms with E-state index >= 15 is 0 Å². The van der Waals surface area contributed by atoms with Crippen LogP contribution in [0.4, 0.5) is 17.1 Å². The van der Waals surface area contributed by atoms with Gasteiger partial charge in [0.05, 0.1) is 23.0 Å². The van der Waals surface area contributed by atoms with Crippen LogP contribution >= 0.6 is 0 Å². The van der Waals surface area contributed by atoms with Gasteiger partial charge in [-0.05, 0) is 54.1 Å². The van der Waals surface area contributed by atoms with Crippen molar-refractivity contribution >= 4 is 34.8 Å². The number of hydrogen-bond donors (Lipinski definition) is 2. The van der Waals surface area contributed by atoms with Crippen LogP contribution in [0.1, 0.15) is 26.3 Å². The molecule has 3 amide bonds. The van der Waals surface area contributed by atoms with Crippen molar-refractivity contribution in [3.05, 3.63) is 114 Å². The van der Waals surface area contributed by atoms with Gasteiger partial charge in [-0.2, -0.15) is 5.26 Å². The van der Waals surface area contributed by atoms with E-state index in [0.29, 0.717) is 44.9 Å². The summed E-state index contributed by atoms with van der Waals surface area (Å²) in [5.74, 6) is -0.907. The molecular formula is C29H20N4O3. The van der Waals surface area contributed by atoms with Gasteiger partial charge in [0.2, 0.25) is 5.91 Å². The molecule has 0 radical (unpaired) electrons. The number of amides is 3. The Morgan fingerprint density at radius 3 is 2.28 bits per heavy atom. The molecule has 0 spiro atoms. The summed E-state index contributed by atoms with van der Waals surface area (Å²) in [6.45, 7) is -0.0741. The van der Waals surface area contributed by atoms with Crippen LogP contribution in [0.3, 0.4) is 0 Å². The number of rotatable bonds is 4. The number of nitrogens with zero attached hydrogens (tertiary/aromatic N) is 2. The van der Waals surface area contributed by atoms with Crippen molar-refractivity contribution < 1.29 is 14.4 Å². The lowest BCUT2D eigenvalue weighted by Crippen LogP contribution is -2.42. The minimum absolute atomic E-state index is 0.0741. The Bertz CT molecular complexity index is 1540. The number of nitriles is 1. The van der Waals surface area contributed by atoms with Crippen molar-refractivity contribution in [2.24, 2.45) is 0 Å². The van der Waals surface area contributed by atoms with Gasteiger partial charge in [-0.3, -0.25) is 19.3 Å². The molecule has 4 aromatic carbocycles. The Balaban J connectivity index is 1.37. The minimum Gasteiger partial charge on any atom is -0.323 e. The molecule has 1 heterocycles. The first-order valence-electron chi connectivity index (χ1n) is 11.3. The molecule has 0 fully saturated rings. The van der Waals surface area contributed by atoms with Crippen LogP contribution < -0.4 is 15.5 Å². The summed E-state index contributed by atoms with van der Waals surface area (Å²) in [6, 6.07) is 30.0. The Labute approximate surface area is 207 Å². The molecule has 1 aliphatic heterocycles. The van der Waals surface area contributed by atoms with Crippen molar-refractivity contribution in [2.45, 2.75) is 0 Å². The van der Waals surface area contributed by atoms with Crippen LogP contribution in [0, 0.1) is 11.3 Å². The van der Waals surface area contributed by atoms with E-state index in [1.807, 2.05) is 24.3 Å². The first kappa shape index (κ1) is 22.6. The molecule has 5 rings (SSSR count). The number of fused-ring (bicyclic) bond motifs is 1. The predicted octanol–water partition coefficient (Wildman–Crippen LogP) is 5.08. The zero-order valence-corrected chi connectivity index (χ0v) is 19.1. The van der Waals surface area contributed by atoms with Gasteiger partial charge >= 0.3 is 0 Å². The van der Waals surface area contributed by atoms with Gasteiger partial charge in [-0.1, -0.05) is 48.5 Å². The van der Waals surface area contributed by atoms with Crippen molar-refractivity contribution in [1.82, 2.24) is 0 Å². The SMILES string of the molecule is N#Cc1ccccc1-c1ccccc1C(=O)Nc1ccc(C(=O)N2CC(=O)Nc3ccccc32)cc1. The maximum Gasteiger partial charge on any atom is 0.258 e. The Kier molecular flexibility index (Phi) is 6.00. The summed E-state index contributed by atoms with van der Waals surface area (Å²) in [4.78, 5) is 39.8. The minimum atomic E-state index is -0.334. The standard InChI is InChI=1S/C29H20N4O3/c30-17-20-7-1-2-8-22(20)23-9-3-4-10-24(23)28(35)31-21-15-13-19(14-16-21)29(36)33-18-27(34)32-25-11-5-6-12-26(25)33/h1-16H,18H2,(H,31,35)(H,32,34). The Hall–Kier alpha value is -5.22. The summed E-state index contributed by atoms with van der Waals surface area (Å²) in [5, 5.41) is 15.1. The zero-order chi connectivity index (χ0) is 25.1. The molecule has 0 saturated carbocycles. The maximum absolute atomic E-state index is 13.2. The molecule has 7 heteroatoms. The average molecular weight is 473 g/mol. The molecule has 7 nitrogen and oxygen atoms in total. The van der Waals surface area contributed by atoms with E-state index in [-0.39, 0.29) is 24.3 Å². The number of benzene rings is 4. The summed E-state index contributed by atoms with van der Waals surface area (Å²) in [6.07, 6.45) is 0. The van der Waals surface area contributed by atoms with Gasteiger partial charge in [0.1, 0.15) is 6.54 Å². The van der Waals surface area contributed by atoms with Gasteiger partial charge in [-0.25, -0.2) is 0 Å². The van der Waals surface area contributed by atoms with Gasteiger partial charge in [0.15, 0.2) is 0 Å². The van der Waals surface area contributed by atoms with Crippen LogP contribution in [-0.4, -0.2) is 24.3 Å². The van der Waals surface area contributed by atoms with E-state index < -0.39 is 0 Å². The molecular weight excluding hydrogens is 452 g/mol. The largest absolute Gasteiger partial charge is 0.323 e. The number of anilines is 3. The number of hydrogen-bond acceptors (Lipinski definition) is 4. The second kappa shape index (κ2) is 9.57. The fourth-order valence-corrected chi connectivity index (χ4v) is 4.20. The van der Waals surface area contributed by atoms with Crippen LogP contribution in [0.15, 0.2) is 97.1 Å². The van der Waals surface area contributed by atoms with Crippen LogP contribution in [0.25, 0.3) is 11.1 Å². The summed E-state index contributed by atoms with van der Waals surface area (Å²) < 4.78 is 0. The number of para-hydroxylation sites is 2. The van der Waals surface area contributed by atoms with Crippen LogP contribution in [0.5, 0.6) is 0 Å². The van der Waals surface area contributed by atoms with E-state index in [4.69, 9.17) is 0 Å². The first-order valence-corrected chi connectivity index (χ1v) is 11.3. The second-order valence-corrected chi connectivity index (χ2v) is 8.19. The molecule has 0 aliphatic carbocycles. The average Bonchev–Trinajstić information content (AvgIpc) is 2.92. The monoisotopic (exact) mass is 472 g/mol. The highest BCUT2D eigenvalue weighted by Gasteiger charge is 2.27. The fraction of sp³-hybridized carbons (Fsp3) is 0.0345. The molecule has 1 aliphatic rings. The number of nitrogens with one attached hydrogen (secondary N) is 2. The van der Waals surface area contributed by atoms with E-state index in [9.17, 15) is 19.6 Å². The molecule has 0 aromatic heterocycles. The number of carbonyl (C=O) groups is 3. The third kappa shape index (κ3) is 4.31. The van der Waals surface area contributed by atoms with E-state index in [1.165, 1.54) is 4.90 Å². The second-order valence-electron chi connectivity index (χ2n) is 8.19. The van der Waals surface area contributed by atoms with Crippen LogP contribution in [0.2, 0.25) is 0 Å². The van der Waals surface area contributed by atoms with Gasteiger partial charge in [0, 0.05) is 22.4 Å². The van der Waals surface area contributed by atoms with Gasteiger partial charge in [0.25, 0.3) is 11.8 Å². The lowest BCUT2D eigenvalue weighted by atomic mass is 9.95. The normalized spacial score (nSPS) is 12.2. The summed E-state index contributed by atoms with van der Waals surface area (Å²) in [5.41, 5.74) is 4.36. The van der Waals surface area contributed by atoms with Gasteiger partial charge < -0.3 is 10.6 Å². The highest BCUT2D eigenvalue weighted by atomic mass is 16.2. The van der Waals surface area contributed by atoms with Crippen molar-refractivity contribution in [1.29, 1.82) is 5.26 Å². The zero-order valence-electron chi connectivity index (χ0n) is 19.1. The quantitative estimate of drug-likeness (QED) is 0.433. The molecule has 174 valence electrons. The maximum atomic E-state index is 13.2. The molecule has 0 atom stereocenters. The van der Waals surface area contributed by atoms with Crippen LogP contribution in [-0.2, 0) is 4.79 Å². The van der Waals surface area contributed by atoms with Crippen molar-refractivity contribution in [3.63, 3.8) is 0 Å². The third-order valence-electron chi connectivity index (χ3n) is 5.91. The molecule has 0 saturated heterocycles. The molecule has 0 bridgehead atoms. The highest BCUT2D eigenvalue weighted by molar-refractivity contribution is 6.15. The highest BCUT2D eigenvalue weighted by Crippen LogP contribution is 2.31. The van der Waals surface area contributed by atoms with Crippen molar-refractivity contribution in [2.75, 3.05) is 22.1 Å². The Morgan fingerprint density at radius 2 is 1.50 bits per heavy atom. The lowest BCUT2D eigenvalue weighted by molar-refractivity contribution is -0.115. The molecule has 4 aromatic rings. The van der Waals surface area contributed by atoms with Gasteiger partial charge in [-0.15, -0.1) is 0 Å². The lowest BCUT2D eigenvalue weighted by Gasteiger charge is -2.29. The fourth-order valence-electron chi connectivity index (χ4n) is 4.20. The first-order chi connectivity index (χ1) is 17.5. The Morgan fingerprint density at radius 1 is 0.833 bits per heavy atom. The topological polar surface area (TPSA) is 102 Å². The summed E-state index contributed by atoms with van der Waals surface area (Å²) in [7, 11) is 0. The van der Waals surface area contributed by atoms with Crippen molar-refractivity contribution in [3.8, 4) is 17.2 Å². The summed E-state index contributed by atoms with van der Waals surface area (Å²) >= 11 is 0. The number of carbonyl (C=O) groups excluding carboxylic acids is 3. The van der Waals surface area contributed by atoms with E-state index in [1.54, 1.807) is 72.8 Å². The molecule has 36 heavy (non-hydrogen) atoms. The molecule has 0 unspecified atom stereocenters. The van der Waals surface area contributed by atoms with E-state index in [2.05, 4.69) is 16.7 Å². The van der Waals surface area contributed by atoms with E-state index in [0.717, 1.165) is 0 Å².